The van der Waals surface area contributed by atoms with E-state index in [9.17, 15) is 14.9 Å². The van der Waals surface area contributed by atoms with Crippen molar-refractivity contribution in [2.24, 2.45) is 0 Å². The fourth-order valence-electron chi connectivity index (χ4n) is 2.25. The molecule has 0 bridgehead atoms. The number of aromatic nitrogens is 1. The molecule has 1 heterocycles. The molecule has 0 saturated heterocycles. The fourth-order valence-corrected chi connectivity index (χ4v) is 4.06. The zero-order valence-corrected chi connectivity index (χ0v) is 15.2. The summed E-state index contributed by atoms with van der Waals surface area (Å²) in [6, 6.07) is 12.1. The van der Waals surface area contributed by atoms with E-state index in [0.717, 1.165) is 20.7 Å². The minimum absolute atomic E-state index is 0.0336. The maximum absolute atomic E-state index is 12.4. The molecule has 6 nitrogen and oxygen atoms in total. The standard InChI is InChI=1S/C17H15N3O3S2/c1-10-4-3-5-14-15(10)18-17(25-14)19-16(21)11(2)24-13-8-6-12(7-9-13)20(22)23/h3-9,11H,1-2H3,(H,18,19,21)/t11-/m0/s1. The smallest absolute Gasteiger partial charge is 0.269 e. The Morgan fingerprint density at radius 2 is 2.00 bits per heavy atom. The Hall–Kier alpha value is -2.45. The lowest BCUT2D eigenvalue weighted by Crippen LogP contribution is -2.22. The first-order chi connectivity index (χ1) is 11.9. The molecule has 25 heavy (non-hydrogen) atoms. The fraction of sp³-hybridized carbons (Fsp3) is 0.176. The molecule has 3 aromatic rings. The molecule has 0 fully saturated rings. The summed E-state index contributed by atoms with van der Waals surface area (Å²) in [6.07, 6.45) is 0. The van der Waals surface area contributed by atoms with Crippen LogP contribution < -0.4 is 5.32 Å². The summed E-state index contributed by atoms with van der Waals surface area (Å²) in [5.41, 5.74) is 2.01. The first-order valence-electron chi connectivity index (χ1n) is 7.52. The van der Waals surface area contributed by atoms with Crippen LogP contribution in [-0.2, 0) is 4.79 Å². The zero-order valence-electron chi connectivity index (χ0n) is 13.6. The van der Waals surface area contributed by atoms with Gasteiger partial charge in [0.2, 0.25) is 5.91 Å². The summed E-state index contributed by atoms with van der Waals surface area (Å²) < 4.78 is 1.03. The number of para-hydroxylation sites is 1. The molecule has 1 N–H and O–H groups in total. The van der Waals surface area contributed by atoms with Gasteiger partial charge in [0, 0.05) is 17.0 Å². The number of nitro benzene ring substituents is 1. The lowest BCUT2D eigenvalue weighted by atomic mass is 10.2. The molecule has 0 radical (unpaired) electrons. The van der Waals surface area contributed by atoms with E-state index in [1.807, 2.05) is 25.1 Å². The van der Waals surface area contributed by atoms with Crippen molar-refractivity contribution in [3.8, 4) is 0 Å². The van der Waals surface area contributed by atoms with Gasteiger partial charge in [0.05, 0.1) is 20.4 Å². The SMILES string of the molecule is Cc1cccc2sc(NC(=O)[C@H](C)Sc3ccc([N+](=O)[O-])cc3)nc12. The predicted molar refractivity (Wildman–Crippen MR) is 101 cm³/mol. The molecule has 0 aliphatic rings. The van der Waals surface area contributed by atoms with Crippen LogP contribution >= 0.6 is 23.1 Å². The van der Waals surface area contributed by atoms with Crippen LogP contribution in [0.1, 0.15) is 12.5 Å². The van der Waals surface area contributed by atoms with Crippen molar-refractivity contribution in [1.29, 1.82) is 0 Å². The maximum Gasteiger partial charge on any atom is 0.269 e. The number of anilines is 1. The van der Waals surface area contributed by atoms with Gasteiger partial charge in [-0.25, -0.2) is 4.98 Å². The van der Waals surface area contributed by atoms with Gasteiger partial charge in [0.1, 0.15) is 0 Å². The van der Waals surface area contributed by atoms with Gasteiger partial charge >= 0.3 is 0 Å². The van der Waals surface area contributed by atoms with Gasteiger partial charge in [-0.2, -0.15) is 0 Å². The normalized spacial score (nSPS) is 12.1. The Bertz CT molecular complexity index is 938. The molecule has 8 heteroatoms. The van der Waals surface area contributed by atoms with Gasteiger partial charge in [-0.15, -0.1) is 11.8 Å². The van der Waals surface area contributed by atoms with Gasteiger partial charge in [-0.3, -0.25) is 14.9 Å². The third-order valence-electron chi connectivity index (χ3n) is 3.58. The second-order valence-corrected chi connectivity index (χ2v) is 7.89. The number of hydrogen-bond donors (Lipinski definition) is 1. The number of thiazole rings is 1. The Kier molecular flexibility index (Phi) is 5.00. The van der Waals surface area contributed by atoms with E-state index >= 15 is 0 Å². The van der Waals surface area contributed by atoms with E-state index in [-0.39, 0.29) is 16.8 Å². The highest BCUT2D eigenvalue weighted by atomic mass is 32.2. The molecule has 2 aromatic carbocycles. The molecular formula is C17H15N3O3S2. The van der Waals surface area contributed by atoms with Gasteiger partial charge in [-0.05, 0) is 37.6 Å². The first kappa shape index (κ1) is 17.4. The summed E-state index contributed by atoms with van der Waals surface area (Å²) in [5.74, 6) is -0.153. The molecule has 0 aliphatic carbocycles. The summed E-state index contributed by atoms with van der Waals surface area (Å²) in [7, 11) is 0. The monoisotopic (exact) mass is 373 g/mol. The molecule has 0 saturated carbocycles. The second kappa shape index (κ2) is 7.20. The number of nitro groups is 1. The topological polar surface area (TPSA) is 85.1 Å². The van der Waals surface area contributed by atoms with Crippen LogP contribution in [0, 0.1) is 17.0 Å². The molecule has 3 rings (SSSR count). The van der Waals surface area contributed by atoms with Crippen molar-refractivity contribution in [3.63, 3.8) is 0 Å². The maximum atomic E-state index is 12.4. The first-order valence-corrected chi connectivity index (χ1v) is 9.22. The molecule has 0 unspecified atom stereocenters. The van der Waals surface area contributed by atoms with E-state index in [1.54, 1.807) is 19.1 Å². The van der Waals surface area contributed by atoms with Crippen molar-refractivity contribution < 1.29 is 9.72 Å². The summed E-state index contributed by atoms with van der Waals surface area (Å²) >= 11 is 2.78. The van der Waals surface area contributed by atoms with Crippen LogP contribution in [0.5, 0.6) is 0 Å². The van der Waals surface area contributed by atoms with Crippen LogP contribution in [0.4, 0.5) is 10.8 Å². The van der Waals surface area contributed by atoms with E-state index in [0.29, 0.717) is 5.13 Å². The molecular weight excluding hydrogens is 358 g/mol. The number of fused-ring (bicyclic) bond motifs is 1. The van der Waals surface area contributed by atoms with Gasteiger partial charge in [-0.1, -0.05) is 23.5 Å². The van der Waals surface area contributed by atoms with Crippen LogP contribution in [0.25, 0.3) is 10.2 Å². The number of hydrogen-bond acceptors (Lipinski definition) is 6. The molecule has 0 spiro atoms. The molecule has 1 atom stereocenters. The quantitative estimate of drug-likeness (QED) is 0.400. The lowest BCUT2D eigenvalue weighted by molar-refractivity contribution is -0.384. The van der Waals surface area contributed by atoms with Crippen molar-refractivity contribution in [2.45, 2.75) is 24.0 Å². The van der Waals surface area contributed by atoms with Crippen molar-refractivity contribution in [2.75, 3.05) is 5.32 Å². The van der Waals surface area contributed by atoms with Gasteiger partial charge in [0.15, 0.2) is 5.13 Å². The van der Waals surface area contributed by atoms with Gasteiger partial charge < -0.3 is 5.32 Å². The predicted octanol–water partition coefficient (Wildman–Crippen LogP) is 4.63. The molecule has 1 aromatic heterocycles. The van der Waals surface area contributed by atoms with E-state index < -0.39 is 4.92 Å². The summed E-state index contributed by atoms with van der Waals surface area (Å²) in [4.78, 5) is 27.9. The number of rotatable bonds is 5. The van der Waals surface area contributed by atoms with Crippen LogP contribution in [-0.4, -0.2) is 21.1 Å². The number of carbonyl (C=O) groups is 1. The summed E-state index contributed by atoms with van der Waals surface area (Å²) in [6.45, 7) is 3.78. The lowest BCUT2D eigenvalue weighted by Gasteiger charge is -2.10. The average molecular weight is 373 g/mol. The molecule has 0 aliphatic heterocycles. The van der Waals surface area contributed by atoms with Crippen LogP contribution in [0.2, 0.25) is 0 Å². The number of carbonyl (C=O) groups excluding carboxylic acids is 1. The van der Waals surface area contributed by atoms with Gasteiger partial charge in [0.25, 0.3) is 5.69 Å². The Morgan fingerprint density at radius 1 is 1.28 bits per heavy atom. The third-order valence-corrected chi connectivity index (χ3v) is 5.63. The highest BCUT2D eigenvalue weighted by Crippen LogP contribution is 2.30. The van der Waals surface area contributed by atoms with E-state index in [4.69, 9.17) is 0 Å². The Balaban J connectivity index is 1.67. The number of non-ortho nitro benzene ring substituents is 1. The number of nitrogens with one attached hydrogen (secondary N) is 1. The number of amides is 1. The van der Waals surface area contributed by atoms with Crippen molar-refractivity contribution in [3.05, 3.63) is 58.1 Å². The molecule has 1 amide bonds. The molecule has 128 valence electrons. The average Bonchev–Trinajstić information content (AvgIpc) is 2.99. The van der Waals surface area contributed by atoms with E-state index in [2.05, 4.69) is 10.3 Å². The highest BCUT2D eigenvalue weighted by Gasteiger charge is 2.17. The number of benzene rings is 2. The minimum Gasteiger partial charge on any atom is -0.301 e. The number of nitrogens with zero attached hydrogens (tertiary/aromatic N) is 2. The Labute approximate surface area is 152 Å². The van der Waals surface area contributed by atoms with Crippen molar-refractivity contribution >= 4 is 50.0 Å². The van der Waals surface area contributed by atoms with Crippen LogP contribution in [0.15, 0.2) is 47.4 Å². The number of thioether (sulfide) groups is 1. The summed E-state index contributed by atoms with van der Waals surface area (Å²) in [5, 5.41) is 13.7. The van der Waals surface area contributed by atoms with Crippen molar-refractivity contribution in [1.82, 2.24) is 4.98 Å². The number of aryl methyl sites for hydroxylation is 1. The second-order valence-electron chi connectivity index (χ2n) is 5.44. The van der Waals surface area contributed by atoms with E-state index in [1.165, 1.54) is 35.2 Å². The largest absolute Gasteiger partial charge is 0.301 e. The minimum atomic E-state index is -0.445. The Morgan fingerprint density at radius 3 is 2.64 bits per heavy atom. The zero-order chi connectivity index (χ0) is 18.0. The van der Waals surface area contributed by atoms with Crippen LogP contribution in [0.3, 0.4) is 0 Å². The third kappa shape index (κ3) is 3.97. The highest BCUT2D eigenvalue weighted by molar-refractivity contribution is 8.00.